The second-order valence-electron chi connectivity index (χ2n) is 4.55. The Bertz CT molecular complexity index is 717. The summed E-state index contributed by atoms with van der Waals surface area (Å²) in [4.78, 5) is 0.193. The van der Waals surface area contributed by atoms with Gasteiger partial charge in [0.25, 0.3) is 0 Å². The molecule has 2 rings (SSSR count). The van der Waals surface area contributed by atoms with Gasteiger partial charge in [0.2, 0.25) is 10.0 Å². The summed E-state index contributed by atoms with van der Waals surface area (Å²) in [5.41, 5.74) is 0.911. The molecule has 6 heteroatoms. The number of methoxy groups -OCH3 is 1. The molecule has 0 aromatic heterocycles. The van der Waals surface area contributed by atoms with Crippen molar-refractivity contribution in [3.63, 3.8) is 0 Å². The van der Waals surface area contributed by atoms with E-state index in [2.05, 4.69) is 20.7 Å². The van der Waals surface area contributed by atoms with Crippen molar-refractivity contribution in [3.05, 3.63) is 58.6 Å². The molecule has 2 aromatic carbocycles. The fourth-order valence-corrected chi connectivity index (χ4v) is 3.87. The summed E-state index contributed by atoms with van der Waals surface area (Å²) in [6.45, 7) is 1.81. The molecule has 0 aliphatic carbocycles. The van der Waals surface area contributed by atoms with Crippen LogP contribution in [0, 0.1) is 0 Å². The van der Waals surface area contributed by atoms with E-state index < -0.39 is 10.0 Å². The van der Waals surface area contributed by atoms with Crippen molar-refractivity contribution < 1.29 is 13.2 Å². The van der Waals surface area contributed by atoms with Crippen molar-refractivity contribution in [1.29, 1.82) is 0 Å². The smallest absolute Gasteiger partial charge is 0.241 e. The Kier molecular flexibility index (Phi) is 5.03. The van der Waals surface area contributed by atoms with Crippen LogP contribution in [0.1, 0.15) is 18.5 Å². The summed E-state index contributed by atoms with van der Waals surface area (Å²) in [6.07, 6.45) is 0. The molecule has 21 heavy (non-hydrogen) atoms. The molecule has 0 amide bonds. The highest BCUT2D eigenvalue weighted by Gasteiger charge is 2.19. The third-order valence-corrected chi connectivity index (χ3v) is 5.22. The Hall–Kier alpha value is -1.37. The molecule has 112 valence electrons. The van der Waals surface area contributed by atoms with E-state index in [-0.39, 0.29) is 10.9 Å². The van der Waals surface area contributed by atoms with E-state index in [1.165, 1.54) is 19.2 Å². The summed E-state index contributed by atoms with van der Waals surface area (Å²) in [7, 11) is -2.06. The van der Waals surface area contributed by atoms with E-state index >= 15 is 0 Å². The molecule has 0 aliphatic rings. The number of ether oxygens (including phenoxy) is 1. The second-order valence-corrected chi connectivity index (χ2v) is 7.12. The largest absolute Gasteiger partial charge is 0.496 e. The van der Waals surface area contributed by atoms with Crippen molar-refractivity contribution in [2.75, 3.05) is 7.11 Å². The van der Waals surface area contributed by atoms with Crippen molar-refractivity contribution >= 4 is 26.0 Å². The maximum Gasteiger partial charge on any atom is 0.241 e. The van der Waals surface area contributed by atoms with Crippen LogP contribution in [0.25, 0.3) is 0 Å². The van der Waals surface area contributed by atoms with Gasteiger partial charge in [0.1, 0.15) is 5.75 Å². The maximum absolute atomic E-state index is 12.4. The molecule has 0 heterocycles. The zero-order valence-corrected chi connectivity index (χ0v) is 14.1. The van der Waals surface area contributed by atoms with Crippen LogP contribution in [0.2, 0.25) is 0 Å². The zero-order valence-electron chi connectivity index (χ0n) is 11.7. The molecule has 0 spiro atoms. The van der Waals surface area contributed by atoms with Gasteiger partial charge >= 0.3 is 0 Å². The molecule has 0 fully saturated rings. The Morgan fingerprint density at radius 3 is 2.38 bits per heavy atom. The summed E-state index contributed by atoms with van der Waals surface area (Å²) in [5.74, 6) is 0.588. The quantitative estimate of drug-likeness (QED) is 0.877. The summed E-state index contributed by atoms with van der Waals surface area (Å²) in [6, 6.07) is 13.8. The van der Waals surface area contributed by atoms with Gasteiger partial charge in [0.05, 0.1) is 16.5 Å². The van der Waals surface area contributed by atoms with Gasteiger partial charge in [-0.15, -0.1) is 0 Å². The molecule has 0 radical (unpaired) electrons. The normalized spacial score (nSPS) is 12.9. The molecule has 1 atom stereocenters. The fraction of sp³-hybridized carbons (Fsp3) is 0.200. The number of nitrogens with one attached hydrogen (secondary N) is 1. The lowest BCUT2D eigenvalue weighted by Crippen LogP contribution is -2.26. The minimum Gasteiger partial charge on any atom is -0.496 e. The van der Waals surface area contributed by atoms with Gasteiger partial charge in [-0.25, -0.2) is 13.1 Å². The van der Waals surface area contributed by atoms with Gasteiger partial charge < -0.3 is 4.74 Å². The first-order valence-corrected chi connectivity index (χ1v) is 8.62. The first-order valence-electron chi connectivity index (χ1n) is 6.35. The average molecular weight is 370 g/mol. The topological polar surface area (TPSA) is 55.4 Å². The first kappa shape index (κ1) is 16.0. The number of benzene rings is 2. The monoisotopic (exact) mass is 369 g/mol. The molecule has 0 unspecified atom stereocenters. The highest BCUT2D eigenvalue weighted by atomic mass is 79.9. The van der Waals surface area contributed by atoms with Crippen molar-refractivity contribution in [2.45, 2.75) is 17.9 Å². The molecular weight excluding hydrogens is 354 g/mol. The van der Waals surface area contributed by atoms with E-state index in [0.29, 0.717) is 10.2 Å². The Morgan fingerprint density at radius 2 is 1.81 bits per heavy atom. The number of halogens is 1. The highest BCUT2D eigenvalue weighted by Crippen LogP contribution is 2.28. The molecule has 0 saturated carbocycles. The van der Waals surface area contributed by atoms with Gasteiger partial charge in [-0.05, 0) is 46.6 Å². The second kappa shape index (κ2) is 6.60. The molecule has 2 aromatic rings. The number of hydrogen-bond acceptors (Lipinski definition) is 3. The lowest BCUT2D eigenvalue weighted by Gasteiger charge is -2.15. The molecule has 0 aliphatic heterocycles. The number of rotatable bonds is 5. The molecule has 0 bridgehead atoms. The van der Waals surface area contributed by atoms with Crippen LogP contribution in [-0.4, -0.2) is 15.5 Å². The van der Waals surface area contributed by atoms with Gasteiger partial charge in [0, 0.05) is 6.04 Å². The minimum absolute atomic E-state index is 0.193. The van der Waals surface area contributed by atoms with Crippen LogP contribution in [0.15, 0.2) is 57.9 Å². The molecular formula is C15H16BrNO3S. The van der Waals surface area contributed by atoms with Crippen molar-refractivity contribution in [2.24, 2.45) is 0 Å². The van der Waals surface area contributed by atoms with Crippen molar-refractivity contribution in [1.82, 2.24) is 4.72 Å². The lowest BCUT2D eigenvalue weighted by atomic mass is 10.1. The predicted molar refractivity (Wildman–Crippen MR) is 85.9 cm³/mol. The number of sulfonamides is 1. The zero-order chi connectivity index (χ0) is 15.5. The van der Waals surface area contributed by atoms with Crippen LogP contribution >= 0.6 is 15.9 Å². The van der Waals surface area contributed by atoms with Crippen LogP contribution in [-0.2, 0) is 10.0 Å². The van der Waals surface area contributed by atoms with Gasteiger partial charge in [0.15, 0.2) is 0 Å². The van der Waals surface area contributed by atoms with Gasteiger partial charge in [-0.2, -0.15) is 0 Å². The predicted octanol–water partition coefficient (Wildman–Crippen LogP) is 3.50. The Balaban J connectivity index is 2.24. The van der Waals surface area contributed by atoms with Gasteiger partial charge in [-0.3, -0.25) is 0 Å². The summed E-state index contributed by atoms with van der Waals surface area (Å²) in [5, 5.41) is 0. The number of hydrogen-bond donors (Lipinski definition) is 1. The van der Waals surface area contributed by atoms with Crippen LogP contribution in [0.5, 0.6) is 5.75 Å². The highest BCUT2D eigenvalue weighted by molar-refractivity contribution is 9.10. The Morgan fingerprint density at radius 1 is 1.14 bits per heavy atom. The molecule has 4 nitrogen and oxygen atoms in total. The maximum atomic E-state index is 12.4. The third kappa shape index (κ3) is 3.84. The van der Waals surface area contributed by atoms with Gasteiger partial charge in [-0.1, -0.05) is 30.3 Å². The van der Waals surface area contributed by atoms with E-state index in [0.717, 1.165) is 5.56 Å². The van der Waals surface area contributed by atoms with E-state index in [1.54, 1.807) is 6.07 Å². The van der Waals surface area contributed by atoms with E-state index in [1.807, 2.05) is 37.3 Å². The van der Waals surface area contributed by atoms with Crippen molar-refractivity contribution in [3.8, 4) is 5.75 Å². The lowest BCUT2D eigenvalue weighted by molar-refractivity contribution is 0.411. The Labute approximate surface area is 133 Å². The fourth-order valence-electron chi connectivity index (χ4n) is 1.92. The summed E-state index contributed by atoms with van der Waals surface area (Å²) < 4.78 is 33.2. The SMILES string of the molecule is COc1ccc(S(=O)(=O)N[C@@H](C)c2ccccc2)cc1Br. The van der Waals surface area contributed by atoms with Crippen LogP contribution < -0.4 is 9.46 Å². The molecule has 0 saturated heterocycles. The van der Waals surface area contributed by atoms with Crippen LogP contribution in [0.3, 0.4) is 0 Å². The van der Waals surface area contributed by atoms with E-state index in [9.17, 15) is 8.42 Å². The average Bonchev–Trinajstić information content (AvgIpc) is 2.47. The minimum atomic E-state index is -3.59. The standard InChI is InChI=1S/C15H16BrNO3S/c1-11(12-6-4-3-5-7-12)17-21(18,19)13-8-9-15(20-2)14(16)10-13/h3-11,17H,1-2H3/t11-/m0/s1. The summed E-state index contributed by atoms with van der Waals surface area (Å²) >= 11 is 3.29. The molecule has 1 N–H and O–H groups in total. The van der Waals surface area contributed by atoms with Crippen LogP contribution in [0.4, 0.5) is 0 Å². The third-order valence-electron chi connectivity index (χ3n) is 3.07. The van der Waals surface area contributed by atoms with E-state index in [4.69, 9.17) is 4.74 Å². The first-order chi connectivity index (χ1) is 9.94.